The van der Waals surface area contributed by atoms with E-state index in [-0.39, 0.29) is 0 Å². The normalized spacial score (nSPS) is 11.3. The lowest BCUT2D eigenvalue weighted by molar-refractivity contribution is 1.11. The second-order valence-corrected chi connectivity index (χ2v) is 15.6. The Bertz CT molecular complexity index is 3530. The Morgan fingerprint density at radius 1 is 0.318 bits per heavy atom. The molecule has 0 saturated carbocycles. The molecule has 0 fully saturated rings. The molecule has 0 radical (unpaired) electrons. The fraction of sp³-hybridized carbons (Fsp3) is 0. The first-order valence-electron chi connectivity index (χ1n) is 21.0. The molecule has 0 unspecified atom stereocenters. The van der Waals surface area contributed by atoms with Gasteiger partial charge in [-0.2, -0.15) is 10.5 Å². The van der Waals surface area contributed by atoms with E-state index in [4.69, 9.17) is 0 Å². The van der Waals surface area contributed by atoms with Crippen LogP contribution in [0, 0.1) is 22.7 Å². The van der Waals surface area contributed by atoms with Gasteiger partial charge in [0.2, 0.25) is 0 Å². The molecule has 0 bridgehead atoms. The van der Waals surface area contributed by atoms with Crippen LogP contribution in [0.1, 0.15) is 11.1 Å². The third-order valence-electron chi connectivity index (χ3n) is 11.8. The van der Waals surface area contributed by atoms with Crippen molar-refractivity contribution in [3.05, 3.63) is 194 Å². The van der Waals surface area contributed by atoms with E-state index >= 15 is 0 Å². The second-order valence-electron chi connectivity index (χ2n) is 15.6. The predicted molar refractivity (Wildman–Crippen MR) is 254 cm³/mol. The quantitative estimate of drug-likeness (QED) is 0.151. The van der Waals surface area contributed by atoms with Crippen LogP contribution in [0.25, 0.3) is 112 Å². The van der Waals surface area contributed by atoms with Crippen molar-refractivity contribution in [3.8, 4) is 80.2 Å². The van der Waals surface area contributed by atoms with Crippen LogP contribution in [-0.4, -0.2) is 49.0 Å². The van der Waals surface area contributed by atoms with Gasteiger partial charge in [0.25, 0.3) is 0 Å². The van der Waals surface area contributed by atoms with E-state index < -0.39 is 0 Å². The van der Waals surface area contributed by atoms with Gasteiger partial charge < -0.3 is 9.13 Å². The van der Waals surface area contributed by atoms with Gasteiger partial charge in [0.1, 0.15) is 11.6 Å². The van der Waals surface area contributed by atoms with Gasteiger partial charge in [0, 0.05) is 93.4 Å². The summed E-state index contributed by atoms with van der Waals surface area (Å²) in [6.07, 6.45) is 13.8. The van der Waals surface area contributed by atoms with E-state index in [0.717, 1.165) is 77.0 Å². The van der Waals surface area contributed by atoms with Crippen molar-refractivity contribution in [2.75, 3.05) is 0 Å². The van der Waals surface area contributed by atoms with Crippen molar-refractivity contribution >= 4 is 43.6 Å². The Morgan fingerprint density at radius 3 is 0.985 bits per heavy atom. The Labute approximate surface area is 376 Å². The number of rotatable bonds is 7. The minimum Gasteiger partial charge on any atom is -0.308 e. The lowest BCUT2D eigenvalue weighted by Gasteiger charge is -2.19. The van der Waals surface area contributed by atoms with Crippen LogP contribution in [0.4, 0.5) is 0 Å². The topological polar surface area (TPSA) is 161 Å². The van der Waals surface area contributed by atoms with E-state index in [1.807, 2.05) is 54.6 Å². The third kappa shape index (κ3) is 6.29. The number of nitrogens with zero attached hydrogens (tertiary/aromatic N) is 12. The maximum Gasteiger partial charge on any atom is 0.159 e. The Morgan fingerprint density at radius 2 is 0.667 bits per heavy atom. The minimum absolute atomic E-state index is 0.401. The van der Waals surface area contributed by atoms with Crippen molar-refractivity contribution in [2.45, 2.75) is 0 Å². The molecule has 0 saturated heterocycles. The van der Waals surface area contributed by atoms with Crippen LogP contribution in [0.5, 0.6) is 0 Å². The average Bonchev–Trinajstić information content (AvgIpc) is 3.90. The van der Waals surface area contributed by atoms with Gasteiger partial charge in [-0.25, -0.2) is 39.9 Å². The molecule has 0 N–H and O–H groups in total. The summed E-state index contributed by atoms with van der Waals surface area (Å²) in [5, 5.41) is 25.7. The molecule has 0 aliphatic heterocycles. The SMILES string of the molecule is N#Cc1cccc(-c2cc(-n3c4cc(-c5ncccn5)ccc4c4ccc(-c5ncccn5)cc43)c(C#N)c(-n3c4cc(-c5ncccn5)ccc4c4ccc(-c5ncccn5)cc43)c2)c1. The Hall–Kier alpha value is -9.78. The number of hydrogen-bond acceptors (Lipinski definition) is 10. The molecule has 0 spiro atoms. The second kappa shape index (κ2) is 15.5. The van der Waals surface area contributed by atoms with Gasteiger partial charge in [0.05, 0.1) is 45.1 Å². The van der Waals surface area contributed by atoms with Crippen molar-refractivity contribution in [1.29, 1.82) is 10.5 Å². The number of fused-ring (bicyclic) bond motifs is 6. The van der Waals surface area contributed by atoms with Crippen LogP contribution in [0.2, 0.25) is 0 Å². The molecule has 0 atom stereocenters. The molecule has 6 heterocycles. The standard InChI is InChI=1S/C54H30N12/c55-31-33-6-1-7-34(24-33)39-29-49(65-45-25-35(51-57-16-2-17-58-51)8-12-40(45)41-13-9-36(26-46(41)65)52-59-18-3-19-60-52)44(32-56)50(30-39)66-47-27-37(53-61-20-4-21-62-53)10-14-42(47)43-15-11-38(28-48(43)66)54-63-22-5-23-64-54/h1-30H. The first-order valence-corrected chi connectivity index (χ1v) is 21.0. The summed E-state index contributed by atoms with van der Waals surface area (Å²) in [4.78, 5) is 36.8. The molecule has 12 aromatic rings. The van der Waals surface area contributed by atoms with E-state index in [1.54, 1.807) is 79.9 Å². The van der Waals surface area contributed by atoms with Gasteiger partial charge in [-0.3, -0.25) is 0 Å². The maximum absolute atomic E-state index is 11.8. The minimum atomic E-state index is 0.401. The monoisotopic (exact) mass is 846 g/mol. The zero-order valence-corrected chi connectivity index (χ0v) is 34.7. The zero-order valence-electron chi connectivity index (χ0n) is 34.7. The summed E-state index contributed by atoms with van der Waals surface area (Å²) in [5.74, 6) is 2.28. The highest BCUT2D eigenvalue weighted by Crippen LogP contribution is 2.43. The zero-order chi connectivity index (χ0) is 44.1. The molecular weight excluding hydrogens is 817 g/mol. The molecule has 0 aliphatic rings. The number of aromatic nitrogens is 10. The third-order valence-corrected chi connectivity index (χ3v) is 11.8. The number of hydrogen-bond donors (Lipinski definition) is 0. The van der Waals surface area contributed by atoms with Crippen LogP contribution >= 0.6 is 0 Å². The summed E-state index contributed by atoms with van der Waals surface area (Å²) >= 11 is 0. The Balaban J connectivity index is 1.24. The maximum atomic E-state index is 11.8. The van der Waals surface area contributed by atoms with E-state index in [0.29, 0.717) is 45.8 Å². The molecule has 0 aliphatic carbocycles. The Kier molecular flexibility index (Phi) is 8.93. The van der Waals surface area contributed by atoms with Gasteiger partial charge in [-0.05, 0) is 83.9 Å². The van der Waals surface area contributed by atoms with E-state index in [9.17, 15) is 10.5 Å². The van der Waals surface area contributed by atoms with Gasteiger partial charge in [-0.1, -0.05) is 60.7 Å². The van der Waals surface area contributed by atoms with Crippen LogP contribution in [0.15, 0.2) is 183 Å². The van der Waals surface area contributed by atoms with Crippen LogP contribution < -0.4 is 0 Å². The highest BCUT2D eigenvalue weighted by molar-refractivity contribution is 6.13. The molecular formula is C54H30N12. The average molecular weight is 847 g/mol. The lowest BCUT2D eigenvalue weighted by atomic mass is 9.98. The highest BCUT2D eigenvalue weighted by Gasteiger charge is 2.24. The summed E-state index contributed by atoms with van der Waals surface area (Å²) < 4.78 is 4.28. The fourth-order valence-electron chi connectivity index (χ4n) is 8.92. The van der Waals surface area contributed by atoms with Gasteiger partial charge in [0.15, 0.2) is 23.3 Å². The molecule has 66 heavy (non-hydrogen) atoms. The van der Waals surface area contributed by atoms with Crippen molar-refractivity contribution in [1.82, 2.24) is 49.0 Å². The molecule has 6 aromatic carbocycles. The molecule has 12 heteroatoms. The first-order chi connectivity index (χ1) is 32.6. The summed E-state index contributed by atoms with van der Waals surface area (Å²) in [5.41, 5.74) is 10.3. The summed E-state index contributed by atoms with van der Waals surface area (Å²) in [6.45, 7) is 0. The number of benzene rings is 6. The fourth-order valence-corrected chi connectivity index (χ4v) is 8.92. The molecule has 12 nitrogen and oxygen atoms in total. The van der Waals surface area contributed by atoms with Crippen LogP contribution in [0.3, 0.4) is 0 Å². The van der Waals surface area contributed by atoms with Gasteiger partial charge in [-0.15, -0.1) is 0 Å². The van der Waals surface area contributed by atoms with E-state index in [1.165, 1.54) is 0 Å². The largest absolute Gasteiger partial charge is 0.308 e. The summed E-state index contributed by atoms with van der Waals surface area (Å²) in [6, 6.07) is 48.5. The van der Waals surface area contributed by atoms with Crippen molar-refractivity contribution in [3.63, 3.8) is 0 Å². The smallest absolute Gasteiger partial charge is 0.159 e. The lowest BCUT2D eigenvalue weighted by Crippen LogP contribution is -2.06. The van der Waals surface area contributed by atoms with Crippen LogP contribution in [-0.2, 0) is 0 Å². The highest BCUT2D eigenvalue weighted by atomic mass is 15.0. The van der Waals surface area contributed by atoms with Crippen molar-refractivity contribution in [2.24, 2.45) is 0 Å². The molecule has 0 amide bonds. The summed E-state index contributed by atoms with van der Waals surface area (Å²) in [7, 11) is 0. The first kappa shape index (κ1) is 37.9. The number of nitriles is 2. The van der Waals surface area contributed by atoms with Gasteiger partial charge >= 0.3 is 0 Å². The molecule has 6 aromatic heterocycles. The molecule has 306 valence electrons. The molecule has 12 rings (SSSR count). The van der Waals surface area contributed by atoms with Crippen molar-refractivity contribution < 1.29 is 0 Å². The predicted octanol–water partition coefficient (Wildman–Crippen LogP) is 11.1. The van der Waals surface area contributed by atoms with E-state index in [2.05, 4.69) is 110 Å².